The van der Waals surface area contributed by atoms with E-state index in [1.54, 1.807) is 18.3 Å². The number of hydrogen-bond acceptors (Lipinski definition) is 4. The van der Waals surface area contributed by atoms with Crippen molar-refractivity contribution in [2.24, 2.45) is 5.10 Å². The SMILES string of the molecule is O=[N+]([O-])c1ccc(/C=N/NC2=[NH+]CCCCC2)cc1. The number of nitrogens with one attached hydrogen (secondary N) is 2. The minimum Gasteiger partial charge on any atom is -0.277 e. The molecule has 0 unspecified atom stereocenters. The van der Waals surface area contributed by atoms with E-state index in [1.165, 1.54) is 31.4 Å². The second-order valence-electron chi connectivity index (χ2n) is 4.43. The minimum atomic E-state index is -0.412. The van der Waals surface area contributed by atoms with Gasteiger partial charge in [0.15, 0.2) is 0 Å². The minimum absolute atomic E-state index is 0.0879. The lowest BCUT2D eigenvalue weighted by Gasteiger charge is -1.95. The second-order valence-corrected chi connectivity index (χ2v) is 4.43. The molecule has 1 heterocycles. The molecular weight excluding hydrogens is 244 g/mol. The molecule has 6 nitrogen and oxygen atoms in total. The molecule has 100 valence electrons. The van der Waals surface area contributed by atoms with Crippen molar-refractivity contribution in [3.05, 3.63) is 39.9 Å². The molecule has 0 aliphatic carbocycles. The van der Waals surface area contributed by atoms with Crippen LogP contribution in [0.25, 0.3) is 0 Å². The van der Waals surface area contributed by atoms with Crippen LogP contribution in [-0.2, 0) is 0 Å². The summed E-state index contributed by atoms with van der Waals surface area (Å²) in [5.41, 5.74) is 3.90. The van der Waals surface area contributed by atoms with Crippen LogP contribution in [0.15, 0.2) is 29.4 Å². The van der Waals surface area contributed by atoms with Crippen LogP contribution in [0.4, 0.5) is 5.69 Å². The Morgan fingerprint density at radius 2 is 2.05 bits per heavy atom. The monoisotopic (exact) mass is 261 g/mol. The first-order valence-electron chi connectivity index (χ1n) is 6.39. The van der Waals surface area contributed by atoms with Gasteiger partial charge in [-0.15, -0.1) is 0 Å². The highest BCUT2D eigenvalue weighted by Crippen LogP contribution is 2.10. The van der Waals surface area contributed by atoms with Crippen LogP contribution in [0.3, 0.4) is 0 Å². The van der Waals surface area contributed by atoms with E-state index in [9.17, 15) is 10.1 Å². The summed E-state index contributed by atoms with van der Waals surface area (Å²) in [5.74, 6) is 1.04. The second kappa shape index (κ2) is 6.63. The van der Waals surface area contributed by atoms with Gasteiger partial charge in [0.1, 0.15) is 0 Å². The van der Waals surface area contributed by atoms with E-state index in [2.05, 4.69) is 15.5 Å². The van der Waals surface area contributed by atoms with E-state index in [-0.39, 0.29) is 5.69 Å². The van der Waals surface area contributed by atoms with E-state index in [0.717, 1.165) is 24.4 Å². The van der Waals surface area contributed by atoms with Gasteiger partial charge in [-0.05, 0) is 37.0 Å². The molecule has 6 heteroatoms. The summed E-state index contributed by atoms with van der Waals surface area (Å²) in [6.07, 6.45) is 6.24. The number of hydrazone groups is 1. The highest BCUT2D eigenvalue weighted by Gasteiger charge is 2.08. The predicted octanol–water partition coefficient (Wildman–Crippen LogP) is 0.571. The maximum absolute atomic E-state index is 10.5. The Labute approximate surface area is 111 Å². The van der Waals surface area contributed by atoms with Crippen molar-refractivity contribution in [3.8, 4) is 0 Å². The lowest BCUT2D eigenvalue weighted by Crippen LogP contribution is -2.75. The van der Waals surface area contributed by atoms with Crippen molar-refractivity contribution in [2.45, 2.75) is 25.7 Å². The first-order chi connectivity index (χ1) is 9.25. The van der Waals surface area contributed by atoms with Crippen LogP contribution < -0.4 is 10.4 Å². The summed E-state index contributed by atoms with van der Waals surface area (Å²) in [7, 11) is 0. The van der Waals surface area contributed by atoms with Gasteiger partial charge in [0.2, 0.25) is 0 Å². The van der Waals surface area contributed by atoms with Crippen molar-refractivity contribution in [3.63, 3.8) is 0 Å². The van der Waals surface area contributed by atoms with Crippen LogP contribution in [0.1, 0.15) is 31.2 Å². The number of non-ortho nitro benzene ring substituents is 1. The van der Waals surface area contributed by atoms with Crippen LogP contribution >= 0.6 is 0 Å². The molecular formula is C13H17N4O2+. The summed E-state index contributed by atoms with van der Waals surface area (Å²) in [6.45, 7) is 0.982. The zero-order valence-corrected chi connectivity index (χ0v) is 10.6. The van der Waals surface area contributed by atoms with Crippen LogP contribution in [-0.4, -0.2) is 23.5 Å². The smallest absolute Gasteiger partial charge is 0.269 e. The summed E-state index contributed by atoms with van der Waals surface area (Å²) < 4.78 is 0. The number of amidine groups is 1. The molecule has 0 amide bonds. The number of benzene rings is 1. The van der Waals surface area contributed by atoms with Crippen molar-refractivity contribution < 1.29 is 9.92 Å². The summed E-state index contributed by atoms with van der Waals surface area (Å²) >= 11 is 0. The third kappa shape index (κ3) is 4.17. The first kappa shape index (κ1) is 13.2. The molecule has 19 heavy (non-hydrogen) atoms. The van der Waals surface area contributed by atoms with E-state index in [4.69, 9.17) is 0 Å². The fourth-order valence-electron chi connectivity index (χ4n) is 1.89. The number of nitrogens with zero attached hydrogens (tertiary/aromatic N) is 2. The summed E-state index contributed by atoms with van der Waals surface area (Å²) in [6, 6.07) is 6.29. The van der Waals surface area contributed by atoms with Gasteiger partial charge in [0.25, 0.3) is 11.5 Å². The molecule has 2 rings (SSSR count). The fourth-order valence-corrected chi connectivity index (χ4v) is 1.89. The number of rotatable bonds is 3. The first-order valence-corrected chi connectivity index (χ1v) is 6.39. The lowest BCUT2D eigenvalue weighted by atomic mass is 10.2. The molecule has 1 aliphatic heterocycles. The van der Waals surface area contributed by atoms with Crippen LogP contribution in [0.5, 0.6) is 0 Å². The van der Waals surface area contributed by atoms with E-state index in [1.807, 2.05) is 0 Å². The molecule has 0 atom stereocenters. The Bertz CT molecular complexity index is 494. The van der Waals surface area contributed by atoms with Crippen molar-refractivity contribution in [1.82, 2.24) is 5.43 Å². The highest BCUT2D eigenvalue weighted by molar-refractivity contribution is 5.82. The van der Waals surface area contributed by atoms with Gasteiger partial charge in [-0.3, -0.25) is 15.1 Å². The third-order valence-corrected chi connectivity index (χ3v) is 2.96. The molecule has 1 aromatic carbocycles. The van der Waals surface area contributed by atoms with Gasteiger partial charge >= 0.3 is 0 Å². The standard InChI is InChI=1S/C13H16N4O2/c18-17(19)12-7-5-11(6-8-12)10-15-16-13-4-2-1-3-9-14-13/h5-8,10H,1-4,9H2,(H,14,16)/p+1/b15-10+. The Hall–Kier alpha value is -2.24. The van der Waals surface area contributed by atoms with Gasteiger partial charge < -0.3 is 0 Å². The average molecular weight is 261 g/mol. The van der Waals surface area contributed by atoms with Crippen LogP contribution in [0.2, 0.25) is 0 Å². The molecule has 1 aromatic rings. The highest BCUT2D eigenvalue weighted by atomic mass is 16.6. The molecule has 0 saturated heterocycles. The lowest BCUT2D eigenvalue weighted by molar-refractivity contribution is -0.459. The Balaban J connectivity index is 1.91. The van der Waals surface area contributed by atoms with Crippen molar-refractivity contribution >= 4 is 17.7 Å². The molecule has 1 aliphatic rings. The van der Waals surface area contributed by atoms with Crippen molar-refractivity contribution in [1.29, 1.82) is 0 Å². The third-order valence-electron chi connectivity index (χ3n) is 2.96. The van der Waals surface area contributed by atoms with E-state index >= 15 is 0 Å². The normalized spacial score (nSPS) is 15.9. The number of nitro groups is 1. The van der Waals surface area contributed by atoms with Gasteiger partial charge in [0, 0.05) is 12.1 Å². The van der Waals surface area contributed by atoms with Crippen LogP contribution in [0, 0.1) is 10.1 Å². The molecule has 2 N–H and O–H groups in total. The average Bonchev–Trinajstić information content (AvgIpc) is 2.68. The molecule has 0 bridgehead atoms. The molecule has 0 fully saturated rings. The number of nitro benzene ring substituents is 1. The fraction of sp³-hybridized carbons (Fsp3) is 0.385. The Morgan fingerprint density at radius 3 is 2.79 bits per heavy atom. The molecule has 0 aromatic heterocycles. The maximum Gasteiger partial charge on any atom is 0.269 e. The largest absolute Gasteiger partial charge is 0.277 e. The van der Waals surface area contributed by atoms with Crippen molar-refractivity contribution in [2.75, 3.05) is 6.54 Å². The molecule has 0 spiro atoms. The summed E-state index contributed by atoms with van der Waals surface area (Å²) in [5, 5.41) is 14.7. The van der Waals surface area contributed by atoms with Gasteiger partial charge in [-0.25, -0.2) is 0 Å². The van der Waals surface area contributed by atoms with Gasteiger partial charge in [0.05, 0.1) is 24.1 Å². The Morgan fingerprint density at radius 1 is 1.26 bits per heavy atom. The topological polar surface area (TPSA) is 81.5 Å². The summed E-state index contributed by atoms with van der Waals surface area (Å²) in [4.78, 5) is 13.4. The zero-order valence-electron chi connectivity index (χ0n) is 10.6. The molecule has 0 saturated carbocycles. The van der Waals surface area contributed by atoms with E-state index in [0.29, 0.717) is 0 Å². The van der Waals surface area contributed by atoms with Gasteiger partial charge in [-0.2, -0.15) is 5.43 Å². The molecule has 0 radical (unpaired) electrons. The maximum atomic E-state index is 10.5. The zero-order chi connectivity index (χ0) is 13.5. The quantitative estimate of drug-likeness (QED) is 0.474. The predicted molar refractivity (Wildman–Crippen MR) is 73.1 cm³/mol. The number of hydrogen-bond donors (Lipinski definition) is 2. The Kier molecular flexibility index (Phi) is 4.60. The van der Waals surface area contributed by atoms with Gasteiger partial charge in [-0.1, -0.05) is 5.10 Å². The van der Waals surface area contributed by atoms with E-state index < -0.39 is 4.92 Å².